The predicted octanol–water partition coefficient (Wildman–Crippen LogP) is -0.454. The van der Waals surface area contributed by atoms with Crippen LogP contribution in [-0.2, 0) is 23.6 Å². The van der Waals surface area contributed by atoms with E-state index in [-0.39, 0.29) is 17.4 Å². The van der Waals surface area contributed by atoms with E-state index in [0.29, 0.717) is 5.82 Å². The highest BCUT2D eigenvalue weighted by atomic mass is 32.2. The van der Waals surface area contributed by atoms with Gasteiger partial charge in [0.25, 0.3) is 10.0 Å². The Bertz CT molecular complexity index is 611. The van der Waals surface area contributed by atoms with Gasteiger partial charge < -0.3 is 15.3 Å². The third-order valence-corrected chi connectivity index (χ3v) is 4.43. The number of anilines is 1. The van der Waals surface area contributed by atoms with Crippen molar-refractivity contribution in [3.63, 3.8) is 0 Å². The number of aromatic amines is 1. The number of nitrogens with one attached hydrogen (secondary N) is 1. The fraction of sp³-hybridized carbons (Fsp3) is 0.333. The van der Waals surface area contributed by atoms with E-state index >= 15 is 0 Å². The van der Waals surface area contributed by atoms with E-state index in [9.17, 15) is 8.42 Å². The van der Waals surface area contributed by atoms with Crippen molar-refractivity contribution < 1.29 is 8.42 Å². The Labute approximate surface area is 105 Å². The van der Waals surface area contributed by atoms with Gasteiger partial charge in [0.05, 0.1) is 12.9 Å². The van der Waals surface area contributed by atoms with Crippen LogP contribution in [0.5, 0.6) is 0 Å². The summed E-state index contributed by atoms with van der Waals surface area (Å²) in [5, 5.41) is -0.0171. The summed E-state index contributed by atoms with van der Waals surface area (Å²) in [6.07, 6.45) is 4.56. The lowest BCUT2D eigenvalue weighted by atomic mass is 10.6. The van der Waals surface area contributed by atoms with Crippen LogP contribution in [-0.4, -0.2) is 39.3 Å². The van der Waals surface area contributed by atoms with Crippen molar-refractivity contribution in [2.75, 3.05) is 12.8 Å². The summed E-state index contributed by atoms with van der Waals surface area (Å²) in [5.74, 6) is 0.547. The third-order valence-electron chi connectivity index (χ3n) is 2.49. The number of H-pyrrole nitrogens is 1. The molecule has 0 unspecified atom stereocenters. The first kappa shape index (κ1) is 12.6. The van der Waals surface area contributed by atoms with Gasteiger partial charge in [0.15, 0.2) is 10.8 Å². The van der Waals surface area contributed by atoms with Gasteiger partial charge in [0, 0.05) is 26.5 Å². The highest BCUT2D eigenvalue weighted by molar-refractivity contribution is 7.89. The van der Waals surface area contributed by atoms with Crippen molar-refractivity contribution in [1.29, 1.82) is 0 Å². The highest BCUT2D eigenvalue weighted by Gasteiger charge is 2.27. The topological polar surface area (TPSA) is 110 Å². The van der Waals surface area contributed by atoms with Crippen molar-refractivity contribution in [3.8, 4) is 0 Å². The van der Waals surface area contributed by atoms with Gasteiger partial charge in [-0.1, -0.05) is 0 Å². The van der Waals surface area contributed by atoms with Crippen LogP contribution in [0.3, 0.4) is 0 Å². The van der Waals surface area contributed by atoms with Gasteiger partial charge in [0.1, 0.15) is 5.82 Å². The number of nitrogens with two attached hydrogens (primary N) is 1. The number of aryl methyl sites for hydroxylation is 1. The van der Waals surface area contributed by atoms with Crippen LogP contribution in [0.15, 0.2) is 23.7 Å². The fourth-order valence-corrected chi connectivity index (χ4v) is 2.89. The molecule has 8 nitrogen and oxygen atoms in total. The maximum atomic E-state index is 12.3. The molecule has 0 saturated carbocycles. The number of nitrogens with zero attached hydrogens (tertiary/aromatic N) is 4. The molecule has 0 aliphatic heterocycles. The van der Waals surface area contributed by atoms with Gasteiger partial charge in [-0.15, -0.1) is 0 Å². The molecular formula is C9H14N6O2S. The molecule has 0 saturated heterocycles. The molecule has 9 heteroatoms. The van der Waals surface area contributed by atoms with Gasteiger partial charge in [0.2, 0.25) is 0 Å². The average molecular weight is 270 g/mol. The Hall–Kier alpha value is -1.87. The van der Waals surface area contributed by atoms with Crippen molar-refractivity contribution in [1.82, 2.24) is 23.8 Å². The van der Waals surface area contributed by atoms with E-state index in [2.05, 4.69) is 15.0 Å². The van der Waals surface area contributed by atoms with Crippen LogP contribution in [0.2, 0.25) is 0 Å². The molecule has 98 valence electrons. The normalized spacial score (nSPS) is 12.2. The Morgan fingerprint density at radius 1 is 1.50 bits per heavy atom. The molecule has 2 aromatic rings. The lowest BCUT2D eigenvalue weighted by molar-refractivity contribution is 0.452. The molecule has 0 aliphatic rings. The molecule has 0 aliphatic carbocycles. The second kappa shape index (κ2) is 4.42. The van der Waals surface area contributed by atoms with E-state index in [1.807, 2.05) is 0 Å². The van der Waals surface area contributed by atoms with Gasteiger partial charge >= 0.3 is 0 Å². The fourth-order valence-electron chi connectivity index (χ4n) is 1.58. The maximum absolute atomic E-state index is 12.3. The standard InChI is InChI=1S/C9H14N6O2S/c1-14-6-13-8(10)9(14)18(16,17)15(2)5-7-11-3-4-12-7/h3-4,6H,5,10H2,1-2H3,(H,11,12). The Morgan fingerprint density at radius 3 is 2.72 bits per heavy atom. The van der Waals surface area contributed by atoms with Gasteiger partial charge in [-0.05, 0) is 0 Å². The molecule has 0 amide bonds. The minimum Gasteiger partial charge on any atom is -0.381 e. The zero-order valence-corrected chi connectivity index (χ0v) is 10.8. The first-order chi connectivity index (χ1) is 8.43. The average Bonchev–Trinajstić information content (AvgIpc) is 2.89. The SMILES string of the molecule is CN(Cc1ncc[nH]1)S(=O)(=O)c1c(N)ncn1C. The molecule has 0 fully saturated rings. The summed E-state index contributed by atoms with van der Waals surface area (Å²) in [7, 11) is -0.641. The smallest absolute Gasteiger partial charge is 0.262 e. The quantitative estimate of drug-likeness (QED) is 0.781. The second-order valence-corrected chi connectivity index (χ2v) is 5.80. The van der Waals surface area contributed by atoms with Crippen molar-refractivity contribution in [2.24, 2.45) is 7.05 Å². The minimum absolute atomic E-state index is 0.0104. The Balaban J connectivity index is 2.32. The summed E-state index contributed by atoms with van der Waals surface area (Å²) in [6, 6.07) is 0. The zero-order chi connectivity index (χ0) is 13.3. The summed E-state index contributed by atoms with van der Waals surface area (Å²) in [6.45, 7) is 0.139. The van der Waals surface area contributed by atoms with Crippen molar-refractivity contribution in [3.05, 3.63) is 24.5 Å². The van der Waals surface area contributed by atoms with E-state index in [4.69, 9.17) is 5.73 Å². The summed E-state index contributed by atoms with van der Waals surface area (Å²) in [5.41, 5.74) is 5.58. The third kappa shape index (κ3) is 2.09. The van der Waals surface area contributed by atoms with Crippen LogP contribution >= 0.6 is 0 Å². The van der Waals surface area contributed by atoms with Gasteiger partial charge in [-0.3, -0.25) is 0 Å². The van der Waals surface area contributed by atoms with Crippen LogP contribution in [0.1, 0.15) is 5.82 Å². The molecule has 2 rings (SSSR count). The molecule has 2 aromatic heterocycles. The number of imidazole rings is 2. The molecule has 3 N–H and O–H groups in total. The van der Waals surface area contributed by atoms with Crippen LogP contribution in [0, 0.1) is 0 Å². The number of aromatic nitrogens is 4. The highest BCUT2D eigenvalue weighted by Crippen LogP contribution is 2.20. The first-order valence-corrected chi connectivity index (χ1v) is 6.58. The van der Waals surface area contributed by atoms with Gasteiger partial charge in [-0.25, -0.2) is 18.4 Å². The monoisotopic (exact) mass is 270 g/mol. The van der Waals surface area contributed by atoms with Crippen LogP contribution in [0.4, 0.5) is 5.82 Å². The largest absolute Gasteiger partial charge is 0.381 e. The molecule has 0 spiro atoms. The van der Waals surface area contributed by atoms with Gasteiger partial charge in [-0.2, -0.15) is 4.31 Å². The molecule has 2 heterocycles. The summed E-state index contributed by atoms with van der Waals surface area (Å²) < 4.78 is 27.2. The van der Waals surface area contributed by atoms with Crippen molar-refractivity contribution in [2.45, 2.75) is 11.6 Å². The molecule has 0 aromatic carbocycles. The first-order valence-electron chi connectivity index (χ1n) is 5.14. The predicted molar refractivity (Wildman–Crippen MR) is 64.9 cm³/mol. The van der Waals surface area contributed by atoms with Crippen LogP contribution in [0.25, 0.3) is 0 Å². The molecule has 0 atom stereocenters. The van der Waals surface area contributed by atoms with Crippen LogP contribution < -0.4 is 5.73 Å². The van der Waals surface area contributed by atoms with E-state index in [0.717, 1.165) is 0 Å². The lowest BCUT2D eigenvalue weighted by Crippen LogP contribution is -2.29. The van der Waals surface area contributed by atoms with E-state index < -0.39 is 10.0 Å². The summed E-state index contributed by atoms with van der Waals surface area (Å²) >= 11 is 0. The Morgan fingerprint density at radius 2 is 2.22 bits per heavy atom. The molecule has 18 heavy (non-hydrogen) atoms. The lowest BCUT2D eigenvalue weighted by Gasteiger charge is -2.16. The number of rotatable bonds is 4. The number of hydrogen-bond donors (Lipinski definition) is 2. The number of sulfonamides is 1. The van der Waals surface area contributed by atoms with E-state index in [1.165, 1.54) is 22.2 Å². The number of nitrogen functional groups attached to an aromatic ring is 1. The zero-order valence-electron chi connectivity index (χ0n) is 10.0. The molecule has 0 radical (unpaired) electrons. The Kier molecular flexibility index (Phi) is 3.09. The van der Waals surface area contributed by atoms with E-state index in [1.54, 1.807) is 19.4 Å². The molecular weight excluding hydrogens is 256 g/mol. The second-order valence-electron chi connectivity index (χ2n) is 3.84. The number of hydrogen-bond acceptors (Lipinski definition) is 5. The molecule has 0 bridgehead atoms. The maximum Gasteiger partial charge on any atom is 0.262 e. The minimum atomic E-state index is -3.68. The van der Waals surface area contributed by atoms with Crippen molar-refractivity contribution >= 4 is 15.8 Å². The summed E-state index contributed by atoms with van der Waals surface area (Å²) in [4.78, 5) is 10.6.